The van der Waals surface area contributed by atoms with Crippen LogP contribution in [0.5, 0.6) is 0 Å². The first-order chi connectivity index (χ1) is 10.8. The number of esters is 1. The Labute approximate surface area is 134 Å². The molecule has 2 aliphatic rings. The topological polar surface area (TPSA) is 75.7 Å². The number of fused-ring (bicyclic) bond motifs is 1. The first-order valence-corrected chi connectivity index (χ1v) is 7.72. The third-order valence-corrected chi connectivity index (χ3v) is 4.51. The van der Waals surface area contributed by atoms with Crippen molar-refractivity contribution in [3.63, 3.8) is 0 Å². The summed E-state index contributed by atoms with van der Waals surface area (Å²) in [6.45, 7) is 4.96. The van der Waals surface area contributed by atoms with Gasteiger partial charge in [-0.25, -0.2) is 0 Å². The maximum atomic E-state index is 12.6. The van der Waals surface area contributed by atoms with E-state index in [1.54, 1.807) is 38.1 Å². The van der Waals surface area contributed by atoms with Gasteiger partial charge in [0.15, 0.2) is 6.61 Å². The number of para-hydroxylation sites is 2. The van der Waals surface area contributed by atoms with E-state index in [0.29, 0.717) is 17.3 Å². The van der Waals surface area contributed by atoms with Crippen LogP contribution in [0.4, 0.5) is 11.4 Å². The average molecular weight is 316 g/mol. The fourth-order valence-electron chi connectivity index (χ4n) is 2.85. The van der Waals surface area contributed by atoms with Gasteiger partial charge < -0.3 is 10.1 Å². The van der Waals surface area contributed by atoms with Gasteiger partial charge in [-0.15, -0.1) is 0 Å². The van der Waals surface area contributed by atoms with Crippen molar-refractivity contribution in [1.82, 2.24) is 0 Å². The van der Waals surface area contributed by atoms with Gasteiger partial charge in [0.2, 0.25) is 5.91 Å². The van der Waals surface area contributed by atoms with Gasteiger partial charge in [0, 0.05) is 0 Å². The first-order valence-electron chi connectivity index (χ1n) is 7.72. The number of carbonyl (C=O) groups is 3. The van der Waals surface area contributed by atoms with Gasteiger partial charge >= 0.3 is 5.97 Å². The third kappa shape index (κ3) is 2.69. The van der Waals surface area contributed by atoms with E-state index in [1.807, 2.05) is 6.92 Å². The van der Waals surface area contributed by atoms with Crippen LogP contribution in [0.25, 0.3) is 0 Å². The first kappa shape index (κ1) is 15.5. The zero-order chi connectivity index (χ0) is 16.8. The number of benzene rings is 1. The molecule has 3 rings (SSSR count). The van der Waals surface area contributed by atoms with E-state index >= 15 is 0 Å². The summed E-state index contributed by atoms with van der Waals surface area (Å²) in [5.41, 5.74) is 0.135. The molecule has 122 valence electrons. The summed E-state index contributed by atoms with van der Waals surface area (Å²) in [4.78, 5) is 38.1. The monoisotopic (exact) mass is 316 g/mol. The summed E-state index contributed by atoms with van der Waals surface area (Å²) in [6, 6.07) is 7.08. The van der Waals surface area contributed by atoms with Crippen molar-refractivity contribution in [2.45, 2.75) is 32.7 Å². The van der Waals surface area contributed by atoms with Gasteiger partial charge in [0.1, 0.15) is 5.54 Å². The summed E-state index contributed by atoms with van der Waals surface area (Å²) >= 11 is 0. The number of amides is 2. The van der Waals surface area contributed by atoms with Crippen molar-refractivity contribution in [2.75, 3.05) is 16.8 Å². The molecule has 1 saturated carbocycles. The predicted octanol–water partition coefficient (Wildman–Crippen LogP) is 1.95. The zero-order valence-corrected chi connectivity index (χ0v) is 13.5. The van der Waals surface area contributed by atoms with E-state index in [4.69, 9.17) is 4.74 Å². The van der Waals surface area contributed by atoms with E-state index in [0.717, 1.165) is 6.42 Å². The number of hydrogen-bond donors (Lipinski definition) is 1. The van der Waals surface area contributed by atoms with Crippen LogP contribution in [-0.4, -0.2) is 29.9 Å². The number of ether oxygens (including phenoxy) is 1. The molecule has 1 aliphatic heterocycles. The van der Waals surface area contributed by atoms with E-state index < -0.39 is 11.4 Å². The summed E-state index contributed by atoms with van der Waals surface area (Å²) in [5.74, 6) is -0.771. The number of nitrogens with zero attached hydrogens (tertiary/aromatic N) is 1. The minimum Gasteiger partial charge on any atom is -0.455 e. The summed E-state index contributed by atoms with van der Waals surface area (Å²) < 4.78 is 5.13. The highest BCUT2D eigenvalue weighted by Gasteiger charge is 2.45. The van der Waals surface area contributed by atoms with E-state index in [2.05, 4.69) is 5.32 Å². The Morgan fingerprint density at radius 2 is 2.00 bits per heavy atom. The molecule has 1 heterocycles. The molecule has 0 radical (unpaired) electrons. The zero-order valence-electron chi connectivity index (χ0n) is 13.5. The quantitative estimate of drug-likeness (QED) is 0.865. The van der Waals surface area contributed by atoms with Gasteiger partial charge in [0.05, 0.1) is 17.3 Å². The van der Waals surface area contributed by atoms with Crippen molar-refractivity contribution >= 4 is 29.2 Å². The van der Waals surface area contributed by atoms with Crippen LogP contribution in [0.3, 0.4) is 0 Å². The summed E-state index contributed by atoms with van der Waals surface area (Å²) in [6.07, 6.45) is 0.813. The van der Waals surface area contributed by atoms with Crippen LogP contribution < -0.4 is 10.2 Å². The second kappa shape index (κ2) is 5.37. The highest BCUT2D eigenvalue weighted by Crippen LogP contribution is 2.39. The van der Waals surface area contributed by atoms with Gasteiger partial charge in [-0.3, -0.25) is 19.3 Å². The smallest absolute Gasteiger partial charge is 0.309 e. The third-order valence-electron chi connectivity index (χ3n) is 4.51. The number of hydrogen-bond acceptors (Lipinski definition) is 4. The van der Waals surface area contributed by atoms with Crippen LogP contribution in [0.2, 0.25) is 0 Å². The Morgan fingerprint density at radius 1 is 1.35 bits per heavy atom. The second-order valence-electron chi connectivity index (χ2n) is 6.69. The van der Waals surface area contributed by atoms with E-state index in [9.17, 15) is 14.4 Å². The SMILES string of the molecule is C[C@@H]1C[C@@H]1C(=O)OCC(=O)N1c2ccccc2NC(=O)C1(C)C. The Morgan fingerprint density at radius 3 is 2.65 bits per heavy atom. The highest BCUT2D eigenvalue weighted by atomic mass is 16.5. The van der Waals surface area contributed by atoms with Gasteiger partial charge in [-0.2, -0.15) is 0 Å². The lowest BCUT2D eigenvalue weighted by atomic mass is 9.96. The number of carbonyl (C=O) groups excluding carboxylic acids is 3. The Kier molecular flexibility index (Phi) is 3.62. The fraction of sp³-hybridized carbons (Fsp3) is 0.471. The second-order valence-corrected chi connectivity index (χ2v) is 6.69. The van der Waals surface area contributed by atoms with E-state index in [1.165, 1.54) is 4.90 Å². The van der Waals surface area contributed by atoms with Crippen molar-refractivity contribution in [3.8, 4) is 0 Å². The number of rotatable bonds is 3. The molecule has 6 nitrogen and oxygen atoms in total. The molecule has 1 N–H and O–H groups in total. The molecule has 2 atom stereocenters. The maximum absolute atomic E-state index is 12.6. The molecule has 1 fully saturated rings. The van der Waals surface area contributed by atoms with Gasteiger partial charge in [0.25, 0.3) is 5.91 Å². The van der Waals surface area contributed by atoms with Crippen molar-refractivity contribution in [3.05, 3.63) is 24.3 Å². The molecule has 0 bridgehead atoms. The van der Waals surface area contributed by atoms with Crippen molar-refractivity contribution < 1.29 is 19.1 Å². The molecular formula is C17H20N2O4. The molecule has 0 spiro atoms. The van der Waals surface area contributed by atoms with E-state index in [-0.39, 0.29) is 24.4 Å². The largest absolute Gasteiger partial charge is 0.455 e. The van der Waals surface area contributed by atoms with Crippen LogP contribution in [-0.2, 0) is 19.1 Å². The Balaban J connectivity index is 1.80. The molecule has 1 aromatic carbocycles. The summed E-state index contributed by atoms with van der Waals surface area (Å²) in [7, 11) is 0. The Hall–Kier alpha value is -2.37. The van der Waals surface area contributed by atoms with Gasteiger partial charge in [-0.1, -0.05) is 19.1 Å². The molecule has 0 aromatic heterocycles. The highest BCUT2D eigenvalue weighted by molar-refractivity contribution is 6.14. The normalized spacial score (nSPS) is 24.5. The molecule has 1 aliphatic carbocycles. The van der Waals surface area contributed by atoms with Crippen LogP contribution in [0.1, 0.15) is 27.2 Å². The van der Waals surface area contributed by atoms with Crippen molar-refractivity contribution in [2.24, 2.45) is 11.8 Å². The molecule has 0 saturated heterocycles. The van der Waals surface area contributed by atoms with Gasteiger partial charge in [-0.05, 0) is 38.3 Å². The summed E-state index contributed by atoms with van der Waals surface area (Å²) in [5, 5.41) is 2.79. The van der Waals surface area contributed by atoms with Crippen molar-refractivity contribution in [1.29, 1.82) is 0 Å². The maximum Gasteiger partial charge on any atom is 0.309 e. The molecular weight excluding hydrogens is 296 g/mol. The molecule has 23 heavy (non-hydrogen) atoms. The lowest BCUT2D eigenvalue weighted by molar-refractivity contribution is -0.149. The van der Waals surface area contributed by atoms with Crippen LogP contribution >= 0.6 is 0 Å². The Bertz CT molecular complexity index is 683. The number of anilines is 2. The van der Waals surface area contributed by atoms with Crippen LogP contribution in [0.15, 0.2) is 24.3 Å². The standard InChI is InChI=1S/C17H20N2O4/c1-10-8-11(10)15(21)23-9-14(20)19-13-7-5-4-6-12(13)18-16(22)17(19,2)3/h4-7,10-11H,8-9H2,1-3H3,(H,18,22)/t10-,11+/m1/s1. The lowest BCUT2D eigenvalue weighted by Crippen LogP contribution is -2.59. The number of nitrogens with one attached hydrogen (secondary N) is 1. The minimum atomic E-state index is -1.05. The molecule has 6 heteroatoms. The molecule has 0 unspecified atom stereocenters. The molecule has 1 aromatic rings. The predicted molar refractivity (Wildman–Crippen MR) is 84.9 cm³/mol. The lowest BCUT2D eigenvalue weighted by Gasteiger charge is -2.41. The average Bonchev–Trinajstić information content (AvgIpc) is 3.22. The fourth-order valence-corrected chi connectivity index (χ4v) is 2.85. The van der Waals surface area contributed by atoms with Crippen LogP contribution in [0, 0.1) is 11.8 Å². The molecule has 2 amide bonds. The minimum absolute atomic E-state index is 0.0900.